The topological polar surface area (TPSA) is 20.2 Å². The number of hydrogen-bond donors (Lipinski definition) is 1. The van der Waals surface area contributed by atoms with Crippen LogP contribution in [-0.4, -0.2) is 11.2 Å². The molecule has 0 spiro atoms. The lowest BCUT2D eigenvalue weighted by Gasteiger charge is -1.97. The Bertz CT molecular complexity index is 68.5. The van der Waals surface area contributed by atoms with Gasteiger partial charge in [-0.25, -0.2) is 0 Å². The third-order valence-corrected chi connectivity index (χ3v) is 1.96. The molecular formula is C13H30O. The van der Waals surface area contributed by atoms with E-state index in [4.69, 9.17) is 5.11 Å². The molecule has 0 aliphatic heterocycles. The molecule has 0 radical (unpaired) electrons. The van der Waals surface area contributed by atoms with E-state index in [1.54, 1.807) is 13.8 Å². The van der Waals surface area contributed by atoms with Crippen molar-refractivity contribution in [3.63, 3.8) is 0 Å². The highest BCUT2D eigenvalue weighted by atomic mass is 16.3. The Morgan fingerprint density at radius 2 is 0.929 bits per heavy atom. The van der Waals surface area contributed by atoms with Crippen molar-refractivity contribution in [2.75, 3.05) is 0 Å². The van der Waals surface area contributed by atoms with Crippen molar-refractivity contribution >= 4 is 0 Å². The molecule has 0 aliphatic carbocycles. The van der Waals surface area contributed by atoms with E-state index in [1.807, 2.05) is 0 Å². The van der Waals surface area contributed by atoms with E-state index in [1.165, 1.54) is 51.4 Å². The molecule has 0 aromatic heterocycles. The first-order valence-electron chi connectivity index (χ1n) is 6.33. The second kappa shape index (κ2) is 15.4. The molecule has 0 unspecified atom stereocenters. The maximum absolute atomic E-state index is 8.06. The molecule has 88 valence electrons. The van der Waals surface area contributed by atoms with Crippen molar-refractivity contribution in [3.05, 3.63) is 0 Å². The lowest BCUT2D eigenvalue weighted by atomic mass is 10.1. The van der Waals surface area contributed by atoms with Crippen LogP contribution in [-0.2, 0) is 0 Å². The summed E-state index contributed by atoms with van der Waals surface area (Å²) >= 11 is 0. The largest absolute Gasteiger partial charge is 0.394 e. The highest BCUT2D eigenvalue weighted by molar-refractivity contribution is 4.43. The molecule has 0 atom stereocenters. The number of unbranched alkanes of at least 4 members (excludes halogenated alkanes) is 7. The van der Waals surface area contributed by atoms with Gasteiger partial charge in [0.2, 0.25) is 0 Å². The molecule has 1 N–H and O–H groups in total. The van der Waals surface area contributed by atoms with Gasteiger partial charge in [-0.3, -0.25) is 0 Å². The van der Waals surface area contributed by atoms with Crippen LogP contribution in [0.3, 0.4) is 0 Å². The molecule has 0 aliphatic rings. The molecule has 1 heteroatoms. The summed E-state index contributed by atoms with van der Waals surface area (Å²) < 4.78 is 0. The van der Waals surface area contributed by atoms with Gasteiger partial charge >= 0.3 is 0 Å². The van der Waals surface area contributed by atoms with Crippen LogP contribution in [0.1, 0.15) is 79.1 Å². The van der Waals surface area contributed by atoms with Gasteiger partial charge in [0.1, 0.15) is 0 Å². The van der Waals surface area contributed by atoms with E-state index >= 15 is 0 Å². The highest BCUT2D eigenvalue weighted by Gasteiger charge is 1.87. The summed E-state index contributed by atoms with van der Waals surface area (Å²) in [7, 11) is 0. The molecule has 0 heterocycles. The third kappa shape index (κ3) is 29.7. The normalized spacial score (nSPS) is 9.86. The first-order valence-corrected chi connectivity index (χ1v) is 6.33. The predicted octanol–water partition coefficient (Wildman–Crippen LogP) is 4.53. The second-order valence-corrected chi connectivity index (χ2v) is 4.22. The summed E-state index contributed by atoms with van der Waals surface area (Å²) in [5.74, 6) is 0. The third-order valence-electron chi connectivity index (χ3n) is 1.96. The number of aliphatic hydroxyl groups is 1. The van der Waals surface area contributed by atoms with Crippen molar-refractivity contribution in [2.45, 2.75) is 85.2 Å². The van der Waals surface area contributed by atoms with Crippen LogP contribution in [0.5, 0.6) is 0 Å². The first kappa shape index (κ1) is 16.4. The maximum atomic E-state index is 8.06. The predicted molar refractivity (Wildman–Crippen MR) is 65.6 cm³/mol. The molecule has 0 bridgehead atoms. The van der Waals surface area contributed by atoms with Crippen molar-refractivity contribution < 1.29 is 5.11 Å². The molecule has 1 nitrogen and oxygen atoms in total. The van der Waals surface area contributed by atoms with Gasteiger partial charge in [0.05, 0.1) is 0 Å². The molecule has 0 saturated heterocycles. The molecule has 0 fully saturated rings. The molecule has 0 aromatic rings. The molecular weight excluding hydrogens is 172 g/mol. The Labute approximate surface area is 90.9 Å². The Balaban J connectivity index is 0. The van der Waals surface area contributed by atoms with Gasteiger partial charge in [-0.05, 0) is 13.8 Å². The summed E-state index contributed by atoms with van der Waals surface area (Å²) in [5.41, 5.74) is 0. The van der Waals surface area contributed by atoms with Gasteiger partial charge in [0.15, 0.2) is 0 Å². The van der Waals surface area contributed by atoms with Crippen molar-refractivity contribution in [1.29, 1.82) is 0 Å². The summed E-state index contributed by atoms with van der Waals surface area (Å²) in [4.78, 5) is 0. The van der Waals surface area contributed by atoms with E-state index in [9.17, 15) is 0 Å². The summed E-state index contributed by atoms with van der Waals surface area (Å²) in [6, 6.07) is 0. The minimum atomic E-state index is -0.167. The van der Waals surface area contributed by atoms with E-state index in [0.29, 0.717) is 0 Å². The lowest BCUT2D eigenvalue weighted by molar-refractivity contribution is 0.216. The standard InChI is InChI=1S/C10H22.C3H8O/c1-3-5-7-9-10-8-6-4-2;1-3(2)4/h3-10H2,1-2H3;3-4H,1-2H3. The van der Waals surface area contributed by atoms with Crippen LogP contribution in [0.15, 0.2) is 0 Å². The van der Waals surface area contributed by atoms with E-state index in [-0.39, 0.29) is 6.10 Å². The summed E-state index contributed by atoms with van der Waals surface area (Å²) in [6.45, 7) is 7.98. The average molecular weight is 202 g/mol. The monoisotopic (exact) mass is 202 g/mol. The van der Waals surface area contributed by atoms with Crippen LogP contribution in [0, 0.1) is 0 Å². The number of hydrogen-bond acceptors (Lipinski definition) is 1. The molecule has 14 heavy (non-hydrogen) atoms. The van der Waals surface area contributed by atoms with Crippen LogP contribution < -0.4 is 0 Å². The number of aliphatic hydroxyl groups excluding tert-OH is 1. The Hall–Kier alpha value is -0.0400. The fourth-order valence-corrected chi connectivity index (χ4v) is 1.21. The van der Waals surface area contributed by atoms with E-state index < -0.39 is 0 Å². The van der Waals surface area contributed by atoms with E-state index in [2.05, 4.69) is 13.8 Å². The zero-order chi connectivity index (χ0) is 11.2. The van der Waals surface area contributed by atoms with Crippen molar-refractivity contribution in [3.8, 4) is 0 Å². The van der Waals surface area contributed by atoms with Gasteiger partial charge in [-0.15, -0.1) is 0 Å². The van der Waals surface area contributed by atoms with Gasteiger partial charge < -0.3 is 5.11 Å². The lowest BCUT2D eigenvalue weighted by Crippen LogP contribution is -1.85. The average Bonchev–Trinajstić information content (AvgIpc) is 2.10. The van der Waals surface area contributed by atoms with Crippen LogP contribution in [0.25, 0.3) is 0 Å². The Morgan fingerprint density at radius 1 is 0.714 bits per heavy atom. The second-order valence-electron chi connectivity index (χ2n) is 4.22. The Morgan fingerprint density at radius 3 is 1.14 bits per heavy atom. The first-order chi connectivity index (χ1) is 6.65. The molecule has 0 amide bonds. The minimum absolute atomic E-state index is 0.167. The molecule has 0 rings (SSSR count). The SMILES string of the molecule is CC(C)O.CCCCCCCCCC. The quantitative estimate of drug-likeness (QED) is 0.601. The van der Waals surface area contributed by atoms with Crippen molar-refractivity contribution in [2.24, 2.45) is 0 Å². The van der Waals surface area contributed by atoms with Gasteiger partial charge in [0.25, 0.3) is 0 Å². The minimum Gasteiger partial charge on any atom is -0.394 e. The zero-order valence-corrected chi connectivity index (χ0v) is 10.7. The van der Waals surface area contributed by atoms with Crippen LogP contribution in [0.4, 0.5) is 0 Å². The summed E-state index contributed by atoms with van der Waals surface area (Å²) in [5, 5.41) is 8.06. The fraction of sp³-hybridized carbons (Fsp3) is 1.00. The fourth-order valence-electron chi connectivity index (χ4n) is 1.21. The maximum Gasteiger partial charge on any atom is 0.0483 e. The van der Waals surface area contributed by atoms with E-state index in [0.717, 1.165) is 0 Å². The summed E-state index contributed by atoms with van der Waals surface area (Å²) in [6.07, 6.45) is 11.3. The highest BCUT2D eigenvalue weighted by Crippen LogP contribution is 2.07. The zero-order valence-electron chi connectivity index (χ0n) is 10.7. The van der Waals surface area contributed by atoms with Crippen LogP contribution in [0.2, 0.25) is 0 Å². The van der Waals surface area contributed by atoms with Gasteiger partial charge in [0, 0.05) is 6.10 Å². The smallest absolute Gasteiger partial charge is 0.0483 e. The van der Waals surface area contributed by atoms with Gasteiger partial charge in [-0.2, -0.15) is 0 Å². The molecule has 0 aromatic carbocycles. The Kier molecular flexibility index (Phi) is 18.1. The van der Waals surface area contributed by atoms with Gasteiger partial charge in [-0.1, -0.05) is 65.2 Å². The number of rotatable bonds is 7. The molecule has 0 saturated carbocycles. The van der Waals surface area contributed by atoms with Crippen LogP contribution >= 0.6 is 0 Å². The van der Waals surface area contributed by atoms with Crippen molar-refractivity contribution in [1.82, 2.24) is 0 Å².